The van der Waals surface area contributed by atoms with Gasteiger partial charge in [-0.25, -0.2) is 0 Å². The molecule has 0 spiro atoms. The summed E-state index contributed by atoms with van der Waals surface area (Å²) in [5.74, 6) is 0.0666. The van der Waals surface area contributed by atoms with Crippen molar-refractivity contribution >= 4 is 17.7 Å². The van der Waals surface area contributed by atoms with Crippen LogP contribution in [0.3, 0.4) is 0 Å². The van der Waals surface area contributed by atoms with Crippen LogP contribution in [0.5, 0.6) is 5.75 Å². The Morgan fingerprint density at radius 1 is 1.22 bits per heavy atom. The van der Waals surface area contributed by atoms with Gasteiger partial charge in [-0.05, 0) is 44.0 Å². The van der Waals surface area contributed by atoms with Crippen molar-refractivity contribution in [3.05, 3.63) is 29.3 Å². The number of likely N-dealkylation sites (tertiary alicyclic amines) is 1. The molecule has 0 bridgehead atoms. The highest BCUT2D eigenvalue weighted by molar-refractivity contribution is 6.05. The lowest BCUT2D eigenvalue weighted by Gasteiger charge is -2.33. The molecule has 23 heavy (non-hydrogen) atoms. The van der Waals surface area contributed by atoms with Crippen molar-refractivity contribution in [2.75, 3.05) is 7.05 Å². The molecule has 1 aromatic rings. The molecule has 0 N–H and O–H groups in total. The fourth-order valence-electron chi connectivity index (χ4n) is 3.10. The maximum Gasteiger partial charge on any atom is 0.255 e. The van der Waals surface area contributed by atoms with Crippen LogP contribution in [0, 0.1) is 0 Å². The molecule has 3 amide bonds. The van der Waals surface area contributed by atoms with Crippen LogP contribution >= 0.6 is 0 Å². The lowest BCUT2D eigenvalue weighted by atomic mass is 10.0. The highest BCUT2D eigenvalue weighted by Gasteiger charge is 2.41. The summed E-state index contributed by atoms with van der Waals surface area (Å²) in [5, 5.41) is 0. The SMILES string of the molecule is CC(C)Oc1ccc2c(c1)CN(C1CCC(=O)N(C)C1=O)C2=O. The maximum atomic E-state index is 12.6. The molecule has 2 aliphatic rings. The predicted molar refractivity (Wildman–Crippen MR) is 82.9 cm³/mol. The summed E-state index contributed by atoms with van der Waals surface area (Å²) >= 11 is 0. The Kier molecular flexibility index (Phi) is 3.83. The van der Waals surface area contributed by atoms with Gasteiger partial charge in [0.05, 0.1) is 6.10 Å². The zero-order valence-corrected chi connectivity index (χ0v) is 13.5. The Hall–Kier alpha value is -2.37. The molecule has 1 atom stereocenters. The van der Waals surface area contributed by atoms with Crippen LogP contribution in [0.4, 0.5) is 0 Å². The standard InChI is InChI=1S/C17H20N2O4/c1-10(2)23-12-4-5-13-11(8-12)9-19(16(13)21)14-6-7-15(20)18(3)17(14)22/h4-5,8,10,14H,6-7,9H2,1-3H3. The van der Waals surface area contributed by atoms with Crippen molar-refractivity contribution in [2.24, 2.45) is 0 Å². The molecule has 6 heteroatoms. The number of nitrogens with zero attached hydrogens (tertiary/aromatic N) is 2. The van der Waals surface area contributed by atoms with E-state index in [4.69, 9.17) is 4.74 Å². The summed E-state index contributed by atoms with van der Waals surface area (Å²) in [6.07, 6.45) is 0.729. The van der Waals surface area contributed by atoms with Crippen LogP contribution in [-0.4, -0.2) is 46.7 Å². The second-order valence-corrected chi connectivity index (χ2v) is 6.26. The van der Waals surface area contributed by atoms with E-state index in [9.17, 15) is 14.4 Å². The third-order valence-electron chi connectivity index (χ3n) is 4.28. The summed E-state index contributed by atoms with van der Waals surface area (Å²) < 4.78 is 5.66. The van der Waals surface area contributed by atoms with Crippen LogP contribution in [-0.2, 0) is 16.1 Å². The predicted octanol–water partition coefficient (Wildman–Crippen LogP) is 1.58. The number of rotatable bonds is 3. The summed E-state index contributed by atoms with van der Waals surface area (Å²) in [6, 6.07) is 4.82. The van der Waals surface area contributed by atoms with Gasteiger partial charge in [-0.15, -0.1) is 0 Å². The van der Waals surface area contributed by atoms with E-state index < -0.39 is 6.04 Å². The fraction of sp³-hybridized carbons (Fsp3) is 0.471. The van der Waals surface area contributed by atoms with Crippen molar-refractivity contribution in [1.82, 2.24) is 9.80 Å². The monoisotopic (exact) mass is 316 g/mol. The largest absolute Gasteiger partial charge is 0.491 e. The molecule has 122 valence electrons. The maximum absolute atomic E-state index is 12.6. The van der Waals surface area contributed by atoms with E-state index in [2.05, 4.69) is 0 Å². The molecule has 0 aliphatic carbocycles. The number of imide groups is 1. The van der Waals surface area contributed by atoms with E-state index in [1.54, 1.807) is 17.0 Å². The second kappa shape index (κ2) is 5.68. The van der Waals surface area contributed by atoms with Gasteiger partial charge in [0.25, 0.3) is 11.8 Å². The number of ether oxygens (including phenoxy) is 1. The summed E-state index contributed by atoms with van der Waals surface area (Å²) in [4.78, 5) is 39.2. The van der Waals surface area contributed by atoms with E-state index in [1.165, 1.54) is 7.05 Å². The van der Waals surface area contributed by atoms with Gasteiger partial charge in [-0.3, -0.25) is 19.3 Å². The number of carbonyl (C=O) groups excluding carboxylic acids is 3. The van der Waals surface area contributed by atoms with Crippen molar-refractivity contribution < 1.29 is 19.1 Å². The molecular weight excluding hydrogens is 296 g/mol. The Morgan fingerprint density at radius 3 is 2.65 bits per heavy atom. The van der Waals surface area contributed by atoms with E-state index in [1.807, 2.05) is 19.9 Å². The minimum Gasteiger partial charge on any atom is -0.491 e. The first-order chi connectivity index (χ1) is 10.9. The van der Waals surface area contributed by atoms with Gasteiger partial charge in [0, 0.05) is 25.6 Å². The highest BCUT2D eigenvalue weighted by atomic mass is 16.5. The fourth-order valence-corrected chi connectivity index (χ4v) is 3.10. The smallest absolute Gasteiger partial charge is 0.255 e. The lowest BCUT2D eigenvalue weighted by Crippen LogP contribution is -2.53. The van der Waals surface area contributed by atoms with Crippen molar-refractivity contribution in [3.63, 3.8) is 0 Å². The van der Waals surface area contributed by atoms with Gasteiger partial charge in [-0.2, -0.15) is 0 Å². The minimum absolute atomic E-state index is 0.0563. The second-order valence-electron chi connectivity index (χ2n) is 6.26. The first kappa shape index (κ1) is 15.5. The van der Waals surface area contributed by atoms with Crippen molar-refractivity contribution in [2.45, 2.75) is 45.4 Å². The van der Waals surface area contributed by atoms with E-state index in [0.717, 1.165) is 16.2 Å². The van der Waals surface area contributed by atoms with Gasteiger partial charge in [0.15, 0.2) is 0 Å². The molecular formula is C17H20N2O4. The quantitative estimate of drug-likeness (QED) is 0.794. The number of hydrogen-bond donors (Lipinski definition) is 0. The normalized spacial score (nSPS) is 21.2. The molecule has 6 nitrogen and oxygen atoms in total. The van der Waals surface area contributed by atoms with E-state index in [0.29, 0.717) is 18.5 Å². The van der Waals surface area contributed by atoms with E-state index >= 15 is 0 Å². The average Bonchev–Trinajstić information content (AvgIpc) is 2.81. The summed E-state index contributed by atoms with van der Waals surface area (Å²) in [6.45, 7) is 4.26. The van der Waals surface area contributed by atoms with Gasteiger partial charge >= 0.3 is 0 Å². The molecule has 0 radical (unpaired) electrons. The molecule has 1 saturated heterocycles. The Labute approximate surface area is 135 Å². The summed E-state index contributed by atoms with van der Waals surface area (Å²) in [7, 11) is 1.47. The number of fused-ring (bicyclic) bond motifs is 1. The van der Waals surface area contributed by atoms with Crippen LogP contribution < -0.4 is 4.74 Å². The third kappa shape index (κ3) is 2.69. The topological polar surface area (TPSA) is 66.9 Å². The number of likely N-dealkylation sites (N-methyl/N-ethyl adjacent to an activating group) is 1. The van der Waals surface area contributed by atoms with Gasteiger partial charge in [0.2, 0.25) is 5.91 Å². The molecule has 0 aromatic heterocycles. The van der Waals surface area contributed by atoms with Crippen LogP contribution in [0.15, 0.2) is 18.2 Å². The molecule has 1 aromatic carbocycles. The number of carbonyl (C=O) groups is 3. The van der Waals surface area contributed by atoms with Crippen LogP contribution in [0.1, 0.15) is 42.6 Å². The summed E-state index contributed by atoms with van der Waals surface area (Å²) in [5.41, 5.74) is 1.47. The molecule has 1 unspecified atom stereocenters. The zero-order chi connectivity index (χ0) is 16.7. The molecule has 1 fully saturated rings. The number of benzene rings is 1. The van der Waals surface area contributed by atoms with Crippen molar-refractivity contribution in [3.8, 4) is 5.75 Å². The Morgan fingerprint density at radius 2 is 1.96 bits per heavy atom. The molecule has 2 aliphatic heterocycles. The molecule has 2 heterocycles. The Bertz CT molecular complexity index is 683. The van der Waals surface area contributed by atoms with Crippen LogP contribution in [0.2, 0.25) is 0 Å². The lowest BCUT2D eigenvalue weighted by molar-refractivity contribution is -0.150. The van der Waals surface area contributed by atoms with Crippen molar-refractivity contribution in [1.29, 1.82) is 0 Å². The highest BCUT2D eigenvalue weighted by Crippen LogP contribution is 2.31. The first-order valence-corrected chi connectivity index (χ1v) is 7.79. The number of hydrogen-bond acceptors (Lipinski definition) is 4. The van der Waals surface area contributed by atoms with Gasteiger partial charge in [0.1, 0.15) is 11.8 Å². The third-order valence-corrected chi connectivity index (χ3v) is 4.28. The molecule has 0 saturated carbocycles. The van der Waals surface area contributed by atoms with Gasteiger partial charge in [-0.1, -0.05) is 0 Å². The van der Waals surface area contributed by atoms with E-state index in [-0.39, 0.29) is 30.2 Å². The number of piperidine rings is 1. The zero-order valence-electron chi connectivity index (χ0n) is 13.5. The van der Waals surface area contributed by atoms with Crippen LogP contribution in [0.25, 0.3) is 0 Å². The average molecular weight is 316 g/mol. The Balaban J connectivity index is 1.83. The minimum atomic E-state index is -0.563. The first-order valence-electron chi connectivity index (χ1n) is 7.79. The molecule has 3 rings (SSSR count). The van der Waals surface area contributed by atoms with Gasteiger partial charge < -0.3 is 9.64 Å². The number of amides is 3.